The molecule has 256 valence electrons. The maximum atomic E-state index is 15.1. The van der Waals surface area contributed by atoms with Crippen LogP contribution in [0.5, 0.6) is 0 Å². The fourth-order valence-electron chi connectivity index (χ4n) is 8.58. The molecule has 1 spiro atoms. The first-order valence-corrected chi connectivity index (χ1v) is 17.3. The average molecular weight is 673 g/mol. The molecule has 11 nitrogen and oxygen atoms in total. The van der Waals surface area contributed by atoms with E-state index >= 15 is 9.59 Å². The summed E-state index contributed by atoms with van der Waals surface area (Å²) >= 11 is 0. The van der Waals surface area contributed by atoms with Crippen molar-refractivity contribution in [2.75, 3.05) is 19.7 Å². The third kappa shape index (κ3) is 5.06. The van der Waals surface area contributed by atoms with Crippen LogP contribution in [0.15, 0.2) is 109 Å². The number of aliphatic hydroxyl groups excluding tert-OH is 1. The third-order valence-corrected chi connectivity index (χ3v) is 10.9. The number of rotatable bonds is 9. The highest BCUT2D eigenvalue weighted by atomic mass is 16.5. The summed E-state index contributed by atoms with van der Waals surface area (Å²) < 4.78 is 8.84. The second-order valence-electron chi connectivity index (χ2n) is 13.7. The zero-order chi connectivity index (χ0) is 34.5. The van der Waals surface area contributed by atoms with E-state index in [4.69, 9.17) is 4.74 Å². The van der Waals surface area contributed by atoms with Gasteiger partial charge in [-0.15, -0.1) is 5.10 Å². The van der Waals surface area contributed by atoms with Crippen LogP contribution < -0.4 is 0 Å². The molecule has 50 heavy (non-hydrogen) atoms. The highest BCUT2D eigenvalue weighted by Gasteiger charge is 2.76. The number of aromatic nitrogens is 3. The van der Waals surface area contributed by atoms with Crippen molar-refractivity contribution in [3.05, 3.63) is 120 Å². The van der Waals surface area contributed by atoms with Gasteiger partial charge in [0, 0.05) is 19.6 Å². The van der Waals surface area contributed by atoms with Crippen molar-refractivity contribution in [1.29, 1.82) is 0 Å². The first-order chi connectivity index (χ1) is 24.4. The molecule has 11 heteroatoms. The number of hydrogen-bond donors (Lipinski definition) is 1. The highest BCUT2D eigenvalue weighted by molar-refractivity contribution is 6.00. The molecule has 1 N–H and O–H groups in total. The number of nitrogens with zero attached hydrogens (tertiary/aromatic N) is 6. The molecule has 0 aliphatic carbocycles. The number of benzene rings is 3. The third-order valence-electron chi connectivity index (χ3n) is 10.9. The number of likely N-dealkylation sites (tertiary alicyclic amines) is 1. The summed E-state index contributed by atoms with van der Waals surface area (Å²) in [5, 5.41) is 19.5. The maximum absolute atomic E-state index is 15.1. The van der Waals surface area contributed by atoms with E-state index in [0.29, 0.717) is 31.4 Å². The molecule has 0 saturated carbocycles. The maximum Gasteiger partial charge on any atom is 0.250 e. The summed E-state index contributed by atoms with van der Waals surface area (Å²) in [4.78, 5) is 50.0. The van der Waals surface area contributed by atoms with E-state index in [1.807, 2.05) is 116 Å². The van der Waals surface area contributed by atoms with Gasteiger partial charge in [-0.2, -0.15) is 0 Å². The second kappa shape index (κ2) is 12.6. The van der Waals surface area contributed by atoms with Gasteiger partial charge >= 0.3 is 0 Å². The molecule has 4 aromatic rings. The van der Waals surface area contributed by atoms with Gasteiger partial charge in [0.15, 0.2) is 0 Å². The van der Waals surface area contributed by atoms with Crippen molar-refractivity contribution in [3.63, 3.8) is 0 Å². The molecule has 1 aromatic heterocycles. The van der Waals surface area contributed by atoms with E-state index in [9.17, 15) is 9.90 Å². The van der Waals surface area contributed by atoms with Crippen molar-refractivity contribution in [3.8, 4) is 0 Å². The Morgan fingerprint density at radius 1 is 0.820 bits per heavy atom. The lowest BCUT2D eigenvalue weighted by atomic mass is 9.73. The molecule has 5 heterocycles. The van der Waals surface area contributed by atoms with Crippen molar-refractivity contribution < 1.29 is 24.2 Å². The Hall–Kier alpha value is -5.13. The minimum atomic E-state index is -1.45. The molecular formula is C39H40N6O5. The largest absolute Gasteiger partial charge is 0.394 e. The van der Waals surface area contributed by atoms with Gasteiger partial charge in [0.25, 0.3) is 5.91 Å². The van der Waals surface area contributed by atoms with Crippen LogP contribution in [0, 0.1) is 11.8 Å². The normalized spacial score (nSPS) is 28.1. The SMILES string of the molecule is CC[C@]12C=CCN(Cc3ccccc3)C(=O)[C@H]1[C@H]1C(=O)N([C@@H](CO)Cc3ccccc3)C3C(=O)N(Cn4nnc5ccccc54)CC=C[C@@]31O2. The molecule has 0 bridgehead atoms. The minimum absolute atomic E-state index is 0.0947. The Kier molecular flexibility index (Phi) is 8.11. The van der Waals surface area contributed by atoms with Crippen LogP contribution >= 0.6 is 0 Å². The summed E-state index contributed by atoms with van der Waals surface area (Å²) in [6.07, 6.45) is 8.37. The smallest absolute Gasteiger partial charge is 0.250 e. The number of amides is 3. The van der Waals surface area contributed by atoms with Gasteiger partial charge in [-0.05, 0) is 36.1 Å². The van der Waals surface area contributed by atoms with Crippen LogP contribution in [0.25, 0.3) is 11.0 Å². The van der Waals surface area contributed by atoms with Gasteiger partial charge in [0.2, 0.25) is 11.8 Å². The van der Waals surface area contributed by atoms with E-state index in [1.54, 1.807) is 14.5 Å². The van der Waals surface area contributed by atoms with E-state index < -0.39 is 35.1 Å². The molecule has 4 aliphatic rings. The van der Waals surface area contributed by atoms with E-state index in [1.165, 1.54) is 4.90 Å². The minimum Gasteiger partial charge on any atom is -0.394 e. The average Bonchev–Trinajstić information content (AvgIpc) is 3.69. The molecule has 3 aromatic carbocycles. The Balaban J connectivity index is 1.23. The molecule has 8 rings (SSSR count). The van der Waals surface area contributed by atoms with Crippen molar-refractivity contribution in [2.45, 2.75) is 56.3 Å². The molecule has 6 atom stereocenters. The number of carbonyl (C=O) groups is 3. The number of para-hydroxylation sites is 1. The highest BCUT2D eigenvalue weighted by Crippen LogP contribution is 2.59. The zero-order valence-electron chi connectivity index (χ0n) is 27.9. The van der Waals surface area contributed by atoms with Gasteiger partial charge in [-0.1, -0.05) is 109 Å². The second-order valence-corrected chi connectivity index (χ2v) is 13.7. The van der Waals surface area contributed by atoms with E-state index in [2.05, 4.69) is 10.3 Å². The van der Waals surface area contributed by atoms with E-state index in [-0.39, 0.29) is 37.5 Å². The number of carbonyl (C=O) groups excluding carboxylic acids is 3. The van der Waals surface area contributed by atoms with Gasteiger partial charge in [0.1, 0.15) is 23.8 Å². The van der Waals surface area contributed by atoms with Crippen LogP contribution in [-0.2, 0) is 38.8 Å². The summed E-state index contributed by atoms with van der Waals surface area (Å²) in [5.74, 6) is -2.75. The molecular weight excluding hydrogens is 632 g/mol. The molecule has 3 amide bonds. The lowest BCUT2D eigenvalue weighted by Crippen LogP contribution is -2.59. The van der Waals surface area contributed by atoms with Crippen LogP contribution in [0.4, 0.5) is 0 Å². The number of hydrogen-bond acceptors (Lipinski definition) is 7. The quantitative estimate of drug-likeness (QED) is 0.271. The van der Waals surface area contributed by atoms with Gasteiger partial charge < -0.3 is 24.5 Å². The lowest BCUT2D eigenvalue weighted by molar-refractivity contribution is -0.158. The van der Waals surface area contributed by atoms with Crippen molar-refractivity contribution >= 4 is 28.8 Å². The van der Waals surface area contributed by atoms with Crippen LogP contribution in [0.1, 0.15) is 24.5 Å². The summed E-state index contributed by atoms with van der Waals surface area (Å²) in [7, 11) is 0. The summed E-state index contributed by atoms with van der Waals surface area (Å²) in [5.41, 5.74) is 0.818. The monoisotopic (exact) mass is 672 g/mol. The van der Waals surface area contributed by atoms with E-state index in [0.717, 1.165) is 16.6 Å². The predicted molar refractivity (Wildman–Crippen MR) is 185 cm³/mol. The fraction of sp³-hybridized carbons (Fsp3) is 0.359. The molecule has 1 unspecified atom stereocenters. The first-order valence-electron chi connectivity index (χ1n) is 17.3. The first kappa shape index (κ1) is 32.1. The summed E-state index contributed by atoms with van der Waals surface area (Å²) in [6, 6.07) is 25.1. The topological polar surface area (TPSA) is 121 Å². The Morgan fingerprint density at radius 3 is 2.24 bits per heavy atom. The Labute approximate surface area is 290 Å². The van der Waals surface area contributed by atoms with Gasteiger partial charge in [-0.25, -0.2) is 4.68 Å². The summed E-state index contributed by atoms with van der Waals surface area (Å²) in [6.45, 7) is 2.67. The standard InChI is InChI=1S/C39H40N6O5/c1-2-38-19-11-21-42(24-28-15-7-4-8-16-28)35(47)32(38)33-36(48)45(29(25-46)23-27-13-5-3-6-14-27)34-37(49)43(22-12-20-39(33,34)50-38)26-44-31-18-10-9-17-30(31)40-41-44/h3-20,29,32-34,46H,2,21-26H2,1H3/t29-,32-,33+,34?,38+,39+/m1/s1. The molecule has 2 saturated heterocycles. The van der Waals surface area contributed by atoms with Gasteiger partial charge in [0.05, 0.1) is 35.6 Å². The fourth-order valence-corrected chi connectivity index (χ4v) is 8.58. The molecule has 0 radical (unpaired) electrons. The van der Waals surface area contributed by atoms with Crippen molar-refractivity contribution in [1.82, 2.24) is 29.7 Å². The molecule has 4 aliphatic heterocycles. The lowest BCUT2D eigenvalue weighted by Gasteiger charge is -2.40. The number of fused-ring (bicyclic) bond motifs is 3. The van der Waals surface area contributed by atoms with Crippen LogP contribution in [-0.4, -0.2) is 95.5 Å². The Morgan fingerprint density at radius 2 is 1.50 bits per heavy atom. The number of ether oxygens (including phenoxy) is 1. The van der Waals surface area contributed by atoms with Crippen LogP contribution in [0.3, 0.4) is 0 Å². The Bertz CT molecular complexity index is 1980. The van der Waals surface area contributed by atoms with Crippen molar-refractivity contribution in [2.24, 2.45) is 11.8 Å². The zero-order valence-corrected chi connectivity index (χ0v) is 27.9. The van der Waals surface area contributed by atoms with Crippen LogP contribution in [0.2, 0.25) is 0 Å². The predicted octanol–water partition coefficient (Wildman–Crippen LogP) is 3.35. The molecule has 2 fully saturated rings. The number of aliphatic hydroxyl groups is 1. The van der Waals surface area contributed by atoms with Gasteiger partial charge in [-0.3, -0.25) is 14.4 Å².